The minimum Gasteiger partial charge on any atom is -0.453 e. The molecule has 0 radical (unpaired) electrons. The Bertz CT molecular complexity index is 445. The van der Waals surface area contributed by atoms with Crippen LogP contribution in [0.25, 0.3) is 0 Å². The van der Waals surface area contributed by atoms with Gasteiger partial charge in [0.15, 0.2) is 5.60 Å². The predicted octanol–water partition coefficient (Wildman–Crippen LogP) is 1.64. The van der Waals surface area contributed by atoms with Gasteiger partial charge in [0.05, 0.1) is 20.1 Å². The number of ether oxygens (including phenoxy) is 1. The Hall–Kier alpha value is -1.35. The molecule has 110 valence electrons. The lowest BCUT2D eigenvalue weighted by Gasteiger charge is -2.47. The zero-order valence-electron chi connectivity index (χ0n) is 13.0. The van der Waals surface area contributed by atoms with Gasteiger partial charge in [-0.25, -0.2) is 0 Å². The van der Waals surface area contributed by atoms with Crippen molar-refractivity contribution in [2.45, 2.75) is 32.8 Å². The van der Waals surface area contributed by atoms with Crippen LogP contribution in [-0.4, -0.2) is 26.1 Å². The van der Waals surface area contributed by atoms with Crippen LogP contribution in [0.5, 0.6) is 0 Å². The summed E-state index contributed by atoms with van der Waals surface area (Å²) in [6.07, 6.45) is 0.427. The summed E-state index contributed by atoms with van der Waals surface area (Å²) in [6.45, 7) is 8.31. The number of nitrogens with one attached hydrogen (secondary N) is 1. The Balaban J connectivity index is 2.45. The molecular weight excluding hydrogens is 250 g/mol. The average molecular weight is 276 g/mol. The number of esters is 1. The molecule has 0 amide bonds. The Morgan fingerprint density at radius 2 is 1.80 bits per heavy atom. The lowest BCUT2D eigenvalue weighted by Crippen LogP contribution is -3.12. The van der Waals surface area contributed by atoms with Crippen LogP contribution in [0.3, 0.4) is 0 Å². The van der Waals surface area contributed by atoms with Gasteiger partial charge in [-0.3, -0.25) is 4.79 Å². The normalized spacial score (nSPS) is 33.7. The lowest BCUT2D eigenvalue weighted by molar-refractivity contribution is -0.896. The minimum atomic E-state index is -0.478. The molecule has 3 nitrogen and oxygen atoms in total. The standard InChI is InChI=1S/C17H25NO2/c1-5-16(19)20-17(15-9-7-6-8-10-15)13(2)11-18(4)12-14(17)3/h6-10,13-14H,5,11-12H2,1-4H3/p+1/t13-,14-/m1/s1. The van der Waals surface area contributed by atoms with Gasteiger partial charge < -0.3 is 9.64 Å². The Kier molecular flexibility index (Phi) is 4.48. The van der Waals surface area contributed by atoms with Crippen LogP contribution in [0, 0.1) is 11.8 Å². The zero-order valence-corrected chi connectivity index (χ0v) is 13.0. The molecule has 1 aliphatic heterocycles. The van der Waals surface area contributed by atoms with E-state index in [2.05, 4.69) is 33.0 Å². The van der Waals surface area contributed by atoms with Crippen LogP contribution in [0.4, 0.5) is 0 Å². The smallest absolute Gasteiger partial charge is 0.306 e. The van der Waals surface area contributed by atoms with E-state index in [0.717, 1.165) is 18.7 Å². The van der Waals surface area contributed by atoms with E-state index in [-0.39, 0.29) is 5.97 Å². The van der Waals surface area contributed by atoms with Crippen molar-refractivity contribution in [2.24, 2.45) is 11.8 Å². The predicted molar refractivity (Wildman–Crippen MR) is 79.5 cm³/mol. The molecule has 3 heteroatoms. The number of hydrogen-bond donors (Lipinski definition) is 1. The number of benzene rings is 1. The summed E-state index contributed by atoms with van der Waals surface area (Å²) in [4.78, 5) is 13.5. The molecular formula is C17H26NO2+. The molecule has 0 saturated carbocycles. The molecule has 0 unspecified atom stereocenters. The Morgan fingerprint density at radius 1 is 1.25 bits per heavy atom. The third-order valence-electron chi connectivity index (χ3n) is 4.57. The van der Waals surface area contributed by atoms with Gasteiger partial charge in [0.1, 0.15) is 0 Å². The van der Waals surface area contributed by atoms with E-state index in [4.69, 9.17) is 4.74 Å². The quantitative estimate of drug-likeness (QED) is 0.851. The summed E-state index contributed by atoms with van der Waals surface area (Å²) < 4.78 is 6.03. The average Bonchev–Trinajstić information content (AvgIpc) is 2.43. The summed E-state index contributed by atoms with van der Waals surface area (Å²) in [7, 11) is 2.21. The summed E-state index contributed by atoms with van der Waals surface area (Å²) >= 11 is 0. The summed E-state index contributed by atoms with van der Waals surface area (Å²) in [5.41, 5.74) is 0.655. The largest absolute Gasteiger partial charge is 0.453 e. The van der Waals surface area contributed by atoms with Gasteiger partial charge in [-0.15, -0.1) is 0 Å². The molecule has 1 aliphatic rings. The molecule has 0 aliphatic carbocycles. The molecule has 1 aromatic carbocycles. The highest BCUT2D eigenvalue weighted by molar-refractivity contribution is 5.69. The highest BCUT2D eigenvalue weighted by atomic mass is 16.6. The van der Waals surface area contributed by atoms with Crippen molar-refractivity contribution in [3.05, 3.63) is 35.9 Å². The molecule has 2 rings (SSSR count). The van der Waals surface area contributed by atoms with E-state index in [1.807, 2.05) is 25.1 Å². The molecule has 1 fully saturated rings. The monoisotopic (exact) mass is 276 g/mol. The lowest BCUT2D eigenvalue weighted by atomic mass is 9.70. The first-order chi connectivity index (χ1) is 9.50. The van der Waals surface area contributed by atoms with Crippen LogP contribution in [0.15, 0.2) is 30.3 Å². The third kappa shape index (κ3) is 2.59. The minimum absolute atomic E-state index is 0.105. The summed E-state index contributed by atoms with van der Waals surface area (Å²) in [5, 5.41) is 0. The van der Waals surface area contributed by atoms with Crippen LogP contribution in [0.2, 0.25) is 0 Å². The van der Waals surface area contributed by atoms with Crippen molar-refractivity contribution in [3.8, 4) is 0 Å². The van der Waals surface area contributed by atoms with Crippen molar-refractivity contribution in [3.63, 3.8) is 0 Å². The van der Waals surface area contributed by atoms with E-state index >= 15 is 0 Å². The molecule has 1 saturated heterocycles. The van der Waals surface area contributed by atoms with Gasteiger partial charge in [0, 0.05) is 18.3 Å². The van der Waals surface area contributed by atoms with Crippen molar-refractivity contribution < 1.29 is 14.4 Å². The molecule has 2 atom stereocenters. The molecule has 0 bridgehead atoms. The molecule has 1 aromatic rings. The van der Waals surface area contributed by atoms with Crippen molar-refractivity contribution in [1.29, 1.82) is 0 Å². The first kappa shape index (κ1) is 15.0. The molecule has 0 spiro atoms. The first-order valence-corrected chi connectivity index (χ1v) is 7.59. The first-order valence-electron chi connectivity index (χ1n) is 7.59. The van der Waals surface area contributed by atoms with Crippen molar-refractivity contribution in [1.82, 2.24) is 0 Å². The summed E-state index contributed by atoms with van der Waals surface area (Å²) in [6, 6.07) is 10.3. The van der Waals surface area contributed by atoms with Gasteiger partial charge in [-0.05, 0) is 5.56 Å². The third-order valence-corrected chi connectivity index (χ3v) is 4.57. The van der Waals surface area contributed by atoms with E-state index in [9.17, 15) is 4.79 Å². The Labute approximate surface area is 121 Å². The number of rotatable bonds is 3. The topological polar surface area (TPSA) is 30.7 Å². The van der Waals surface area contributed by atoms with Gasteiger partial charge in [0.25, 0.3) is 0 Å². The maximum Gasteiger partial charge on any atom is 0.306 e. The van der Waals surface area contributed by atoms with Crippen LogP contribution < -0.4 is 4.90 Å². The van der Waals surface area contributed by atoms with Gasteiger partial charge in [-0.1, -0.05) is 51.1 Å². The zero-order chi connectivity index (χ0) is 14.8. The molecule has 20 heavy (non-hydrogen) atoms. The second kappa shape index (κ2) is 5.96. The van der Waals surface area contributed by atoms with E-state index in [1.165, 1.54) is 4.90 Å². The van der Waals surface area contributed by atoms with Gasteiger partial charge in [-0.2, -0.15) is 0 Å². The maximum atomic E-state index is 12.0. The van der Waals surface area contributed by atoms with Crippen molar-refractivity contribution in [2.75, 3.05) is 20.1 Å². The van der Waals surface area contributed by atoms with E-state index < -0.39 is 5.60 Å². The molecule has 1 heterocycles. The van der Waals surface area contributed by atoms with Crippen LogP contribution in [0.1, 0.15) is 32.8 Å². The van der Waals surface area contributed by atoms with Crippen LogP contribution >= 0.6 is 0 Å². The number of carbonyl (C=O) groups is 1. The second-order valence-corrected chi connectivity index (χ2v) is 6.15. The van der Waals surface area contributed by atoms with Crippen LogP contribution in [-0.2, 0) is 15.1 Å². The van der Waals surface area contributed by atoms with Gasteiger partial charge >= 0.3 is 5.97 Å². The molecule has 0 aromatic heterocycles. The van der Waals surface area contributed by atoms with Crippen molar-refractivity contribution >= 4 is 5.97 Å². The SMILES string of the molecule is CCC(=O)OC1(c2ccccc2)[C@H](C)C[NH+](C)C[C@H]1C. The van der Waals surface area contributed by atoms with Gasteiger partial charge in [0.2, 0.25) is 0 Å². The highest BCUT2D eigenvalue weighted by Crippen LogP contribution is 2.41. The number of likely N-dealkylation sites (tertiary alicyclic amines) is 1. The van der Waals surface area contributed by atoms with E-state index in [0.29, 0.717) is 18.3 Å². The number of piperidine rings is 1. The highest BCUT2D eigenvalue weighted by Gasteiger charge is 2.51. The number of quaternary nitrogens is 1. The fourth-order valence-corrected chi connectivity index (χ4v) is 3.71. The Morgan fingerprint density at radius 3 is 2.30 bits per heavy atom. The molecule has 1 N–H and O–H groups in total. The fraction of sp³-hybridized carbons (Fsp3) is 0.588. The second-order valence-electron chi connectivity index (χ2n) is 6.15. The number of carbonyl (C=O) groups excluding carboxylic acids is 1. The fourth-order valence-electron chi connectivity index (χ4n) is 3.71. The number of hydrogen-bond acceptors (Lipinski definition) is 2. The summed E-state index contributed by atoms with van der Waals surface area (Å²) in [5.74, 6) is 0.514. The van der Waals surface area contributed by atoms with E-state index in [1.54, 1.807) is 0 Å². The maximum absolute atomic E-state index is 12.0.